The molecular formula is C15H20N2O4. The van der Waals surface area contributed by atoms with Crippen molar-refractivity contribution in [3.63, 3.8) is 0 Å². The molecule has 0 fully saturated rings. The lowest BCUT2D eigenvalue weighted by Gasteiger charge is -2.17. The van der Waals surface area contributed by atoms with E-state index in [0.29, 0.717) is 36.8 Å². The van der Waals surface area contributed by atoms with Gasteiger partial charge in [0.15, 0.2) is 17.6 Å². The molecule has 0 spiro atoms. The lowest BCUT2D eigenvalue weighted by atomic mass is 10.1. The van der Waals surface area contributed by atoms with Crippen LogP contribution in [-0.4, -0.2) is 31.9 Å². The van der Waals surface area contributed by atoms with E-state index in [1.165, 1.54) is 0 Å². The maximum atomic E-state index is 11.8. The van der Waals surface area contributed by atoms with Crippen LogP contribution in [-0.2, 0) is 11.2 Å². The van der Waals surface area contributed by atoms with Crippen LogP contribution >= 0.6 is 0 Å². The van der Waals surface area contributed by atoms with E-state index in [1.807, 2.05) is 6.07 Å². The molecular weight excluding hydrogens is 272 g/mol. The van der Waals surface area contributed by atoms with E-state index in [4.69, 9.17) is 19.9 Å². The van der Waals surface area contributed by atoms with Crippen molar-refractivity contribution in [2.45, 2.75) is 19.4 Å². The molecule has 3 N–H and O–H groups in total. The third-order valence-corrected chi connectivity index (χ3v) is 3.06. The first kappa shape index (κ1) is 15.2. The molecule has 0 saturated carbocycles. The summed E-state index contributed by atoms with van der Waals surface area (Å²) in [5.41, 5.74) is 6.51. The van der Waals surface area contributed by atoms with Gasteiger partial charge in [-0.2, -0.15) is 0 Å². The van der Waals surface area contributed by atoms with Crippen LogP contribution in [0.25, 0.3) is 0 Å². The van der Waals surface area contributed by atoms with Crippen LogP contribution in [0, 0.1) is 0 Å². The first-order chi connectivity index (χ1) is 10.2. The van der Waals surface area contributed by atoms with Gasteiger partial charge in [0, 0.05) is 12.6 Å². The number of fused-ring (bicyclic) bond motifs is 1. The van der Waals surface area contributed by atoms with Gasteiger partial charge in [0.05, 0.1) is 0 Å². The number of rotatable bonds is 7. The number of nitrogens with two attached hydrogens (primary N) is 1. The number of hydrogen-bond acceptors (Lipinski definition) is 5. The molecule has 6 heteroatoms. The van der Waals surface area contributed by atoms with Gasteiger partial charge in [-0.05, 0) is 31.5 Å². The predicted molar refractivity (Wildman–Crippen MR) is 78.6 cm³/mol. The SMILES string of the molecule is C=CCNC(=O)C(C)Oc1cc2c(cc1CCN)OCO2. The Morgan fingerprint density at radius 1 is 1.52 bits per heavy atom. The number of nitrogens with one attached hydrogen (secondary N) is 1. The third kappa shape index (κ3) is 3.66. The molecule has 0 bridgehead atoms. The smallest absolute Gasteiger partial charge is 0.261 e. The molecule has 114 valence electrons. The minimum Gasteiger partial charge on any atom is -0.480 e. The maximum absolute atomic E-state index is 11.8. The van der Waals surface area contributed by atoms with E-state index in [2.05, 4.69) is 11.9 Å². The van der Waals surface area contributed by atoms with Gasteiger partial charge in [0.2, 0.25) is 6.79 Å². The third-order valence-electron chi connectivity index (χ3n) is 3.06. The van der Waals surface area contributed by atoms with Gasteiger partial charge in [0.1, 0.15) is 5.75 Å². The van der Waals surface area contributed by atoms with E-state index >= 15 is 0 Å². The summed E-state index contributed by atoms with van der Waals surface area (Å²) in [7, 11) is 0. The fourth-order valence-electron chi connectivity index (χ4n) is 1.99. The van der Waals surface area contributed by atoms with Gasteiger partial charge in [-0.3, -0.25) is 4.79 Å². The van der Waals surface area contributed by atoms with E-state index in [-0.39, 0.29) is 12.7 Å². The van der Waals surface area contributed by atoms with Crippen LogP contribution < -0.4 is 25.3 Å². The molecule has 2 rings (SSSR count). The van der Waals surface area contributed by atoms with Gasteiger partial charge in [-0.15, -0.1) is 6.58 Å². The summed E-state index contributed by atoms with van der Waals surface area (Å²) in [6.45, 7) is 6.32. The van der Waals surface area contributed by atoms with Crippen molar-refractivity contribution < 1.29 is 19.0 Å². The Labute approximate surface area is 123 Å². The highest BCUT2D eigenvalue weighted by molar-refractivity contribution is 5.80. The average Bonchev–Trinajstić information content (AvgIpc) is 2.92. The zero-order valence-corrected chi connectivity index (χ0v) is 12.1. The molecule has 6 nitrogen and oxygen atoms in total. The standard InChI is InChI=1S/C15H20N2O4/c1-3-6-17-15(18)10(2)21-12-8-14-13(19-9-20-14)7-11(12)4-5-16/h3,7-8,10H,1,4-6,9,16H2,2H3,(H,17,18). The van der Waals surface area contributed by atoms with Gasteiger partial charge in [0.25, 0.3) is 5.91 Å². The van der Waals surface area contributed by atoms with Gasteiger partial charge >= 0.3 is 0 Å². The second kappa shape index (κ2) is 6.99. The Morgan fingerprint density at radius 3 is 2.90 bits per heavy atom. The van der Waals surface area contributed by atoms with Gasteiger partial charge in [-0.1, -0.05) is 6.08 Å². The topological polar surface area (TPSA) is 82.8 Å². The van der Waals surface area contributed by atoms with Crippen molar-refractivity contribution >= 4 is 5.91 Å². The summed E-state index contributed by atoms with van der Waals surface area (Å²) < 4.78 is 16.4. The van der Waals surface area contributed by atoms with E-state index in [0.717, 1.165) is 5.56 Å². The number of amides is 1. The van der Waals surface area contributed by atoms with Crippen molar-refractivity contribution in [2.75, 3.05) is 19.9 Å². The Bertz CT molecular complexity index is 531. The lowest BCUT2D eigenvalue weighted by Crippen LogP contribution is -2.36. The van der Waals surface area contributed by atoms with E-state index in [9.17, 15) is 4.79 Å². The quantitative estimate of drug-likeness (QED) is 0.732. The molecule has 0 aliphatic carbocycles. The lowest BCUT2D eigenvalue weighted by molar-refractivity contribution is -0.127. The Kier molecular flexibility index (Phi) is 5.05. The molecule has 21 heavy (non-hydrogen) atoms. The largest absolute Gasteiger partial charge is 0.480 e. The number of ether oxygens (including phenoxy) is 3. The molecule has 0 radical (unpaired) electrons. The van der Waals surface area contributed by atoms with Crippen LogP contribution in [0.1, 0.15) is 12.5 Å². The number of hydrogen-bond donors (Lipinski definition) is 2. The minimum atomic E-state index is -0.623. The van der Waals surface area contributed by atoms with Crippen molar-refractivity contribution in [2.24, 2.45) is 5.73 Å². The maximum Gasteiger partial charge on any atom is 0.261 e. The van der Waals surface area contributed by atoms with Crippen molar-refractivity contribution in [3.8, 4) is 17.2 Å². The van der Waals surface area contributed by atoms with Crippen LogP contribution in [0.15, 0.2) is 24.8 Å². The Balaban J connectivity index is 2.14. The summed E-state index contributed by atoms with van der Waals surface area (Å²) >= 11 is 0. The highest BCUT2D eigenvalue weighted by Gasteiger charge is 2.21. The van der Waals surface area contributed by atoms with Crippen LogP contribution in [0.2, 0.25) is 0 Å². The first-order valence-corrected chi connectivity index (χ1v) is 6.83. The van der Waals surface area contributed by atoms with Crippen LogP contribution in [0.3, 0.4) is 0 Å². The second-order valence-corrected chi connectivity index (χ2v) is 4.65. The number of benzene rings is 1. The van der Waals surface area contributed by atoms with Crippen molar-refractivity contribution in [3.05, 3.63) is 30.4 Å². The highest BCUT2D eigenvalue weighted by Crippen LogP contribution is 2.38. The average molecular weight is 292 g/mol. The minimum absolute atomic E-state index is 0.191. The molecule has 1 amide bonds. The molecule has 1 heterocycles. The molecule has 1 aliphatic heterocycles. The fraction of sp³-hybridized carbons (Fsp3) is 0.400. The second-order valence-electron chi connectivity index (χ2n) is 4.65. The van der Waals surface area contributed by atoms with Gasteiger partial charge < -0.3 is 25.3 Å². The fourth-order valence-corrected chi connectivity index (χ4v) is 1.99. The Hall–Kier alpha value is -2.21. The monoisotopic (exact) mass is 292 g/mol. The summed E-state index contributed by atoms with van der Waals surface area (Å²) in [6, 6.07) is 3.59. The zero-order valence-electron chi connectivity index (χ0n) is 12.1. The normalized spacial score (nSPS) is 13.6. The molecule has 1 aromatic rings. The summed E-state index contributed by atoms with van der Waals surface area (Å²) in [5.74, 6) is 1.68. The molecule has 1 aliphatic rings. The van der Waals surface area contributed by atoms with Crippen LogP contribution in [0.5, 0.6) is 17.2 Å². The first-order valence-electron chi connectivity index (χ1n) is 6.83. The Morgan fingerprint density at radius 2 is 2.24 bits per heavy atom. The van der Waals surface area contributed by atoms with Crippen LogP contribution in [0.4, 0.5) is 0 Å². The number of carbonyl (C=O) groups is 1. The van der Waals surface area contributed by atoms with E-state index in [1.54, 1.807) is 19.1 Å². The molecule has 1 aromatic carbocycles. The summed E-state index contributed by atoms with van der Waals surface area (Å²) in [6.07, 6.45) is 1.62. The van der Waals surface area contributed by atoms with E-state index < -0.39 is 6.10 Å². The van der Waals surface area contributed by atoms with Crippen molar-refractivity contribution in [1.82, 2.24) is 5.32 Å². The molecule has 1 atom stereocenters. The van der Waals surface area contributed by atoms with Gasteiger partial charge in [-0.25, -0.2) is 0 Å². The number of carbonyl (C=O) groups excluding carboxylic acids is 1. The summed E-state index contributed by atoms with van der Waals surface area (Å²) in [5, 5.41) is 2.69. The van der Waals surface area contributed by atoms with Crippen molar-refractivity contribution in [1.29, 1.82) is 0 Å². The molecule has 1 unspecified atom stereocenters. The predicted octanol–water partition coefficient (Wildman–Crippen LogP) is 0.986. The zero-order chi connectivity index (χ0) is 15.2. The summed E-state index contributed by atoms with van der Waals surface area (Å²) in [4.78, 5) is 11.8. The molecule has 0 aromatic heterocycles. The highest BCUT2D eigenvalue weighted by atomic mass is 16.7. The molecule has 0 saturated heterocycles.